The quantitative estimate of drug-likeness (QED) is 0.843. The highest BCUT2D eigenvalue weighted by atomic mass is 32.2. The fourth-order valence-electron chi connectivity index (χ4n) is 3.61. The molecule has 1 saturated heterocycles. The first-order valence-corrected chi connectivity index (χ1v) is 8.95. The predicted molar refractivity (Wildman–Crippen MR) is 71.9 cm³/mol. The third-order valence-electron chi connectivity index (χ3n) is 4.84. The van der Waals surface area contributed by atoms with E-state index in [9.17, 15) is 8.42 Å². The van der Waals surface area contributed by atoms with Crippen molar-refractivity contribution in [3.63, 3.8) is 0 Å². The molecule has 3 aliphatic rings. The van der Waals surface area contributed by atoms with Crippen molar-refractivity contribution in [3.05, 3.63) is 0 Å². The number of hydrogen-bond donors (Lipinski definition) is 1. The van der Waals surface area contributed by atoms with E-state index in [0.29, 0.717) is 6.04 Å². The zero-order valence-electron chi connectivity index (χ0n) is 11.0. The summed E-state index contributed by atoms with van der Waals surface area (Å²) in [4.78, 5) is 2.37. The van der Waals surface area contributed by atoms with Gasteiger partial charge in [0.2, 0.25) is 10.0 Å². The SMILES string of the molecule is O=S(=O)(NC1CCCC1)C1CN(C2CCCC2)C1. The Hall–Kier alpha value is -0.130. The van der Waals surface area contributed by atoms with E-state index in [1.165, 1.54) is 38.5 Å². The average Bonchev–Trinajstić information content (AvgIpc) is 2.86. The van der Waals surface area contributed by atoms with Crippen LogP contribution in [0.15, 0.2) is 0 Å². The molecule has 0 atom stereocenters. The van der Waals surface area contributed by atoms with Gasteiger partial charge in [-0.25, -0.2) is 13.1 Å². The van der Waals surface area contributed by atoms with E-state index in [-0.39, 0.29) is 11.3 Å². The summed E-state index contributed by atoms with van der Waals surface area (Å²) in [5.41, 5.74) is 0. The second-order valence-corrected chi connectivity index (χ2v) is 8.15. The highest BCUT2D eigenvalue weighted by Gasteiger charge is 2.41. The molecule has 0 unspecified atom stereocenters. The molecule has 1 heterocycles. The topological polar surface area (TPSA) is 49.4 Å². The molecule has 4 nitrogen and oxygen atoms in total. The number of rotatable bonds is 4. The van der Waals surface area contributed by atoms with Crippen molar-refractivity contribution >= 4 is 10.0 Å². The fourth-order valence-corrected chi connectivity index (χ4v) is 5.27. The van der Waals surface area contributed by atoms with Crippen LogP contribution in [0.4, 0.5) is 0 Å². The van der Waals surface area contributed by atoms with Crippen LogP contribution in [0.5, 0.6) is 0 Å². The van der Waals surface area contributed by atoms with Crippen molar-refractivity contribution in [2.75, 3.05) is 13.1 Å². The fraction of sp³-hybridized carbons (Fsp3) is 1.00. The maximum atomic E-state index is 12.2. The molecule has 1 N–H and O–H groups in total. The molecular weight excluding hydrogens is 248 g/mol. The molecule has 0 spiro atoms. The van der Waals surface area contributed by atoms with Crippen LogP contribution in [0.25, 0.3) is 0 Å². The molecule has 0 aromatic rings. The number of nitrogens with zero attached hydrogens (tertiary/aromatic N) is 1. The predicted octanol–water partition coefficient (Wildman–Crippen LogP) is 1.48. The van der Waals surface area contributed by atoms with E-state index in [0.717, 1.165) is 25.9 Å². The van der Waals surface area contributed by atoms with Crippen molar-refractivity contribution in [2.24, 2.45) is 0 Å². The largest absolute Gasteiger partial charge is 0.298 e. The van der Waals surface area contributed by atoms with Gasteiger partial charge in [0.1, 0.15) is 5.25 Å². The van der Waals surface area contributed by atoms with Gasteiger partial charge in [0.05, 0.1) is 0 Å². The van der Waals surface area contributed by atoms with Crippen LogP contribution in [-0.4, -0.2) is 43.7 Å². The maximum absolute atomic E-state index is 12.2. The van der Waals surface area contributed by atoms with E-state index >= 15 is 0 Å². The lowest BCUT2D eigenvalue weighted by molar-refractivity contribution is 0.123. The lowest BCUT2D eigenvalue weighted by atomic mass is 10.1. The van der Waals surface area contributed by atoms with Gasteiger partial charge >= 0.3 is 0 Å². The third kappa shape index (κ3) is 2.58. The monoisotopic (exact) mass is 272 g/mol. The van der Waals surface area contributed by atoms with Gasteiger partial charge in [-0.15, -0.1) is 0 Å². The summed E-state index contributed by atoms with van der Waals surface area (Å²) < 4.78 is 27.3. The van der Waals surface area contributed by atoms with Crippen LogP contribution in [0.3, 0.4) is 0 Å². The van der Waals surface area contributed by atoms with Crippen molar-refractivity contribution < 1.29 is 8.42 Å². The standard InChI is InChI=1S/C13H24N2O2S/c16-18(17,14-11-5-1-2-6-11)13-9-15(10-13)12-7-3-4-8-12/h11-14H,1-10H2. The molecular formula is C13H24N2O2S. The minimum Gasteiger partial charge on any atom is -0.298 e. The first-order chi connectivity index (χ1) is 8.65. The van der Waals surface area contributed by atoms with Gasteiger partial charge < -0.3 is 0 Å². The van der Waals surface area contributed by atoms with Crippen LogP contribution >= 0.6 is 0 Å². The smallest absolute Gasteiger partial charge is 0.217 e. The molecule has 1 aliphatic heterocycles. The molecule has 2 aliphatic carbocycles. The minimum atomic E-state index is -3.06. The van der Waals surface area contributed by atoms with Crippen molar-refractivity contribution in [1.82, 2.24) is 9.62 Å². The van der Waals surface area contributed by atoms with Crippen molar-refractivity contribution in [2.45, 2.75) is 68.7 Å². The number of likely N-dealkylation sites (tertiary alicyclic amines) is 1. The second-order valence-electron chi connectivity index (χ2n) is 6.16. The summed E-state index contributed by atoms with van der Waals surface area (Å²) in [5.74, 6) is 0. The molecule has 2 saturated carbocycles. The third-order valence-corrected chi connectivity index (χ3v) is 6.68. The van der Waals surface area contributed by atoms with Crippen molar-refractivity contribution in [1.29, 1.82) is 0 Å². The van der Waals surface area contributed by atoms with Crippen LogP contribution in [0.2, 0.25) is 0 Å². The molecule has 3 rings (SSSR count). The molecule has 0 aromatic heterocycles. The lowest BCUT2D eigenvalue weighted by Gasteiger charge is -2.42. The first-order valence-electron chi connectivity index (χ1n) is 7.40. The minimum absolute atomic E-state index is 0.154. The van der Waals surface area contributed by atoms with Gasteiger partial charge in [0, 0.05) is 25.2 Å². The van der Waals surface area contributed by atoms with Crippen LogP contribution in [0.1, 0.15) is 51.4 Å². The molecule has 0 amide bonds. The van der Waals surface area contributed by atoms with Gasteiger partial charge in [-0.2, -0.15) is 0 Å². The Balaban J connectivity index is 1.50. The zero-order chi connectivity index (χ0) is 12.6. The van der Waals surface area contributed by atoms with Crippen molar-refractivity contribution in [3.8, 4) is 0 Å². The molecule has 104 valence electrons. The zero-order valence-corrected chi connectivity index (χ0v) is 11.8. The maximum Gasteiger partial charge on any atom is 0.217 e. The number of nitrogens with one attached hydrogen (secondary N) is 1. The molecule has 3 fully saturated rings. The first kappa shape index (κ1) is 12.9. The molecule has 0 aromatic carbocycles. The van der Waals surface area contributed by atoms with Gasteiger partial charge in [0.25, 0.3) is 0 Å². The Kier molecular flexibility index (Phi) is 3.65. The Morgan fingerprint density at radius 1 is 0.889 bits per heavy atom. The Morgan fingerprint density at radius 3 is 2.06 bits per heavy atom. The van der Waals surface area contributed by atoms with Crippen LogP contribution in [0, 0.1) is 0 Å². The van der Waals surface area contributed by atoms with E-state index in [1.807, 2.05) is 0 Å². The Bertz CT molecular complexity index is 378. The summed E-state index contributed by atoms with van der Waals surface area (Å²) >= 11 is 0. The van der Waals surface area contributed by atoms with E-state index < -0.39 is 10.0 Å². The molecule has 0 bridgehead atoms. The van der Waals surface area contributed by atoms with Gasteiger partial charge in [-0.05, 0) is 25.7 Å². The Labute approximate surface area is 110 Å². The summed E-state index contributed by atoms with van der Waals surface area (Å²) in [6.07, 6.45) is 9.57. The number of hydrogen-bond acceptors (Lipinski definition) is 3. The normalized spacial score (nSPS) is 28.9. The number of sulfonamides is 1. The molecule has 0 radical (unpaired) electrons. The highest BCUT2D eigenvalue weighted by Crippen LogP contribution is 2.29. The Morgan fingerprint density at radius 2 is 1.44 bits per heavy atom. The molecule has 5 heteroatoms. The second kappa shape index (κ2) is 5.10. The molecule has 18 heavy (non-hydrogen) atoms. The summed E-state index contributed by atoms with van der Waals surface area (Å²) in [6.45, 7) is 1.51. The van der Waals surface area contributed by atoms with Gasteiger partial charge in [-0.1, -0.05) is 25.7 Å². The van der Waals surface area contributed by atoms with E-state index in [4.69, 9.17) is 0 Å². The summed E-state index contributed by atoms with van der Waals surface area (Å²) in [7, 11) is -3.06. The summed E-state index contributed by atoms with van der Waals surface area (Å²) in [5, 5.41) is -0.154. The highest BCUT2D eigenvalue weighted by molar-refractivity contribution is 7.90. The van der Waals surface area contributed by atoms with E-state index in [1.54, 1.807) is 0 Å². The van der Waals surface area contributed by atoms with Gasteiger partial charge in [0.15, 0.2) is 0 Å². The summed E-state index contributed by atoms with van der Waals surface area (Å²) in [6, 6.07) is 0.887. The van der Waals surface area contributed by atoms with E-state index in [2.05, 4.69) is 9.62 Å². The van der Waals surface area contributed by atoms with Crippen LogP contribution in [-0.2, 0) is 10.0 Å². The van der Waals surface area contributed by atoms with Gasteiger partial charge in [-0.3, -0.25) is 4.90 Å². The lowest BCUT2D eigenvalue weighted by Crippen LogP contribution is -2.60. The van der Waals surface area contributed by atoms with Crippen LogP contribution < -0.4 is 4.72 Å². The average molecular weight is 272 g/mol.